The van der Waals surface area contributed by atoms with Gasteiger partial charge in [0.25, 0.3) is 0 Å². The molecule has 15 heavy (non-hydrogen) atoms. The van der Waals surface area contributed by atoms with Crippen molar-refractivity contribution in [2.75, 3.05) is 6.54 Å². The Morgan fingerprint density at radius 1 is 1.47 bits per heavy atom. The van der Waals surface area contributed by atoms with E-state index < -0.39 is 6.03 Å². The second-order valence-electron chi connectivity index (χ2n) is 3.04. The Hall–Kier alpha value is -1.85. The van der Waals surface area contributed by atoms with Gasteiger partial charge in [-0.3, -0.25) is 10.1 Å². The summed E-state index contributed by atoms with van der Waals surface area (Å²) in [5, 5.41) is 4.76. The fraction of sp³-hybridized carbons (Fsp3) is 0.444. The molecule has 0 aliphatic carbocycles. The van der Waals surface area contributed by atoms with E-state index in [1.54, 1.807) is 17.0 Å². The summed E-state index contributed by atoms with van der Waals surface area (Å²) >= 11 is 0. The molecule has 0 aliphatic rings. The lowest BCUT2D eigenvalue weighted by atomic mass is 10.5. The van der Waals surface area contributed by atoms with Crippen molar-refractivity contribution in [3.8, 4) is 0 Å². The molecule has 0 spiro atoms. The van der Waals surface area contributed by atoms with E-state index in [1.807, 2.05) is 6.92 Å². The Morgan fingerprint density at radius 2 is 2.27 bits per heavy atom. The summed E-state index contributed by atoms with van der Waals surface area (Å²) in [6.45, 7) is 2.59. The quantitative estimate of drug-likeness (QED) is 0.741. The molecule has 1 heterocycles. The van der Waals surface area contributed by atoms with Crippen molar-refractivity contribution in [2.45, 2.75) is 19.9 Å². The third-order valence-electron chi connectivity index (χ3n) is 1.67. The lowest BCUT2D eigenvalue weighted by Gasteiger charge is -2.05. The molecule has 0 unspecified atom stereocenters. The third kappa shape index (κ3) is 4.26. The van der Waals surface area contributed by atoms with Crippen molar-refractivity contribution in [2.24, 2.45) is 0 Å². The topological polar surface area (TPSA) is 76.0 Å². The molecule has 82 valence electrons. The zero-order valence-corrected chi connectivity index (χ0v) is 8.56. The number of imide groups is 1. The van der Waals surface area contributed by atoms with E-state index >= 15 is 0 Å². The van der Waals surface area contributed by atoms with Crippen molar-refractivity contribution < 1.29 is 9.59 Å². The summed E-state index contributed by atoms with van der Waals surface area (Å²) in [6.07, 6.45) is 5.58. The van der Waals surface area contributed by atoms with E-state index in [0.29, 0.717) is 6.54 Å². The number of nitrogens with zero attached hydrogens (tertiary/aromatic N) is 2. The number of amides is 3. The Kier molecular flexibility index (Phi) is 4.33. The molecule has 0 aliphatic heterocycles. The molecular weight excluding hydrogens is 196 g/mol. The molecule has 0 aromatic carbocycles. The molecule has 0 atom stereocenters. The number of rotatable bonds is 4. The SMILES string of the molecule is CCCNC(=O)NC(=O)Cn1ccnc1. The van der Waals surface area contributed by atoms with Crippen LogP contribution in [0, 0.1) is 0 Å². The van der Waals surface area contributed by atoms with Crippen molar-refractivity contribution in [3.05, 3.63) is 18.7 Å². The van der Waals surface area contributed by atoms with Gasteiger partial charge in [-0.2, -0.15) is 0 Å². The van der Waals surface area contributed by atoms with Crippen LogP contribution in [0.15, 0.2) is 18.7 Å². The Labute approximate surface area is 87.7 Å². The normalized spacial score (nSPS) is 9.67. The van der Waals surface area contributed by atoms with E-state index in [1.165, 1.54) is 6.33 Å². The summed E-state index contributed by atoms with van der Waals surface area (Å²) in [5.74, 6) is -0.360. The van der Waals surface area contributed by atoms with Crippen molar-refractivity contribution >= 4 is 11.9 Å². The number of urea groups is 1. The van der Waals surface area contributed by atoms with Gasteiger partial charge in [0, 0.05) is 18.9 Å². The van der Waals surface area contributed by atoms with Gasteiger partial charge in [-0.15, -0.1) is 0 Å². The highest BCUT2D eigenvalue weighted by Crippen LogP contribution is 1.85. The highest BCUT2D eigenvalue weighted by atomic mass is 16.2. The van der Waals surface area contributed by atoms with Gasteiger partial charge >= 0.3 is 6.03 Å². The zero-order valence-electron chi connectivity index (χ0n) is 8.56. The van der Waals surface area contributed by atoms with Crippen LogP contribution >= 0.6 is 0 Å². The van der Waals surface area contributed by atoms with E-state index in [-0.39, 0.29) is 12.5 Å². The van der Waals surface area contributed by atoms with E-state index in [9.17, 15) is 9.59 Å². The minimum absolute atomic E-state index is 0.0968. The van der Waals surface area contributed by atoms with Crippen molar-refractivity contribution in [1.82, 2.24) is 20.2 Å². The van der Waals surface area contributed by atoms with Gasteiger partial charge in [0.15, 0.2) is 0 Å². The second kappa shape index (κ2) is 5.79. The van der Waals surface area contributed by atoms with Gasteiger partial charge in [-0.05, 0) is 6.42 Å². The first-order valence-electron chi connectivity index (χ1n) is 4.75. The molecule has 6 nitrogen and oxygen atoms in total. The minimum atomic E-state index is -0.457. The summed E-state index contributed by atoms with van der Waals surface area (Å²) in [5.41, 5.74) is 0. The van der Waals surface area contributed by atoms with Crippen LogP contribution in [0.2, 0.25) is 0 Å². The van der Waals surface area contributed by atoms with Crippen LogP contribution in [-0.2, 0) is 11.3 Å². The molecule has 0 saturated carbocycles. The number of carbonyl (C=O) groups excluding carboxylic acids is 2. The average molecular weight is 210 g/mol. The van der Waals surface area contributed by atoms with Crippen LogP contribution in [0.4, 0.5) is 4.79 Å². The lowest BCUT2D eigenvalue weighted by molar-refractivity contribution is -0.120. The summed E-state index contributed by atoms with van der Waals surface area (Å²) < 4.78 is 1.59. The number of hydrogen-bond acceptors (Lipinski definition) is 3. The monoisotopic (exact) mass is 210 g/mol. The fourth-order valence-corrected chi connectivity index (χ4v) is 0.995. The first-order valence-corrected chi connectivity index (χ1v) is 4.75. The predicted octanol–water partition coefficient (Wildman–Crippen LogP) is 0.119. The fourth-order valence-electron chi connectivity index (χ4n) is 0.995. The van der Waals surface area contributed by atoms with Crippen LogP contribution < -0.4 is 10.6 Å². The molecular formula is C9H14N4O2. The molecule has 3 amide bonds. The van der Waals surface area contributed by atoms with E-state index in [4.69, 9.17) is 0 Å². The number of aromatic nitrogens is 2. The van der Waals surface area contributed by atoms with Crippen LogP contribution in [0.3, 0.4) is 0 Å². The number of imidazole rings is 1. The van der Waals surface area contributed by atoms with E-state index in [0.717, 1.165) is 6.42 Å². The molecule has 2 N–H and O–H groups in total. The molecule has 1 rings (SSSR count). The molecule has 0 bridgehead atoms. The zero-order chi connectivity index (χ0) is 11.1. The molecule has 0 fully saturated rings. The second-order valence-corrected chi connectivity index (χ2v) is 3.04. The number of carbonyl (C=O) groups is 2. The molecule has 1 aromatic heterocycles. The van der Waals surface area contributed by atoms with Gasteiger partial charge in [0.2, 0.25) is 5.91 Å². The first kappa shape index (κ1) is 11.2. The van der Waals surface area contributed by atoms with E-state index in [2.05, 4.69) is 15.6 Å². The minimum Gasteiger partial charge on any atom is -0.338 e. The maximum atomic E-state index is 11.3. The lowest BCUT2D eigenvalue weighted by Crippen LogP contribution is -2.41. The third-order valence-corrected chi connectivity index (χ3v) is 1.67. The number of nitrogens with one attached hydrogen (secondary N) is 2. The summed E-state index contributed by atoms with van der Waals surface area (Å²) in [4.78, 5) is 26.1. The maximum absolute atomic E-state index is 11.3. The maximum Gasteiger partial charge on any atom is 0.321 e. The smallest absolute Gasteiger partial charge is 0.321 e. The standard InChI is InChI=1S/C9H14N4O2/c1-2-3-11-9(15)12-8(14)6-13-5-4-10-7-13/h4-5,7H,2-3,6H2,1H3,(H2,11,12,14,15). The molecule has 0 radical (unpaired) electrons. The summed E-state index contributed by atoms with van der Waals surface area (Å²) in [7, 11) is 0. The van der Waals surface area contributed by atoms with Gasteiger partial charge in [0.05, 0.1) is 6.33 Å². The highest BCUT2D eigenvalue weighted by Gasteiger charge is 2.06. The summed E-state index contributed by atoms with van der Waals surface area (Å²) in [6, 6.07) is -0.457. The predicted molar refractivity (Wildman–Crippen MR) is 54.1 cm³/mol. The van der Waals surface area contributed by atoms with Gasteiger partial charge in [-0.25, -0.2) is 9.78 Å². The van der Waals surface area contributed by atoms with Crippen molar-refractivity contribution in [3.63, 3.8) is 0 Å². The highest BCUT2D eigenvalue weighted by molar-refractivity contribution is 5.94. The molecule has 6 heteroatoms. The largest absolute Gasteiger partial charge is 0.338 e. The van der Waals surface area contributed by atoms with Crippen LogP contribution in [-0.4, -0.2) is 28.0 Å². The molecule has 0 saturated heterocycles. The Bertz CT molecular complexity index is 321. The number of hydrogen-bond donors (Lipinski definition) is 2. The van der Waals surface area contributed by atoms with Crippen molar-refractivity contribution in [1.29, 1.82) is 0 Å². The Morgan fingerprint density at radius 3 is 2.87 bits per heavy atom. The Balaban J connectivity index is 2.27. The average Bonchev–Trinajstić information content (AvgIpc) is 2.67. The van der Waals surface area contributed by atoms with Crippen LogP contribution in [0.5, 0.6) is 0 Å². The van der Waals surface area contributed by atoms with Gasteiger partial charge in [0.1, 0.15) is 6.54 Å². The first-order chi connectivity index (χ1) is 7.22. The van der Waals surface area contributed by atoms with Crippen LogP contribution in [0.25, 0.3) is 0 Å². The van der Waals surface area contributed by atoms with Gasteiger partial charge in [-0.1, -0.05) is 6.92 Å². The van der Waals surface area contributed by atoms with Gasteiger partial charge < -0.3 is 9.88 Å². The van der Waals surface area contributed by atoms with Crippen LogP contribution in [0.1, 0.15) is 13.3 Å². The molecule has 1 aromatic rings.